The first kappa shape index (κ1) is 26.4. The van der Waals surface area contributed by atoms with E-state index in [0.29, 0.717) is 6.54 Å². The Morgan fingerprint density at radius 2 is 1.81 bits per heavy atom. The molecule has 3 N–H and O–H groups in total. The summed E-state index contributed by atoms with van der Waals surface area (Å²) >= 11 is 0. The van der Waals surface area contributed by atoms with Crippen molar-refractivity contribution in [2.75, 3.05) is 45.8 Å². The summed E-state index contributed by atoms with van der Waals surface area (Å²) in [6.45, 7) is 10.7. The van der Waals surface area contributed by atoms with E-state index in [9.17, 15) is 9.59 Å². The first-order chi connectivity index (χ1) is 15.0. The highest BCUT2D eigenvalue weighted by Crippen LogP contribution is 2.19. The van der Waals surface area contributed by atoms with Crippen molar-refractivity contribution in [1.82, 2.24) is 20.0 Å². The summed E-state index contributed by atoms with van der Waals surface area (Å²) in [6.07, 6.45) is 1.91. The van der Waals surface area contributed by atoms with Crippen LogP contribution in [0.25, 0.3) is 0 Å². The Labute approximate surface area is 208 Å². The highest BCUT2D eigenvalue weighted by molar-refractivity contribution is 14.0. The van der Waals surface area contributed by atoms with Gasteiger partial charge in [-0.25, -0.2) is 4.99 Å². The molecule has 9 heteroatoms. The second-order valence-corrected chi connectivity index (χ2v) is 8.46. The Bertz CT molecular complexity index is 794. The van der Waals surface area contributed by atoms with Gasteiger partial charge in [-0.3, -0.25) is 14.5 Å². The SMILES string of the molecule is CCNC(=NCc1cccc(CN2CCCC(C(N)=O)C2)c1)N1CCN(C(C)=O)CC1.I. The standard InChI is InChI=1S/C23H36N6O2.HI/c1-3-25-23(29-12-10-28(11-13-29)18(2)30)26-15-19-6-4-7-20(14-19)16-27-9-5-8-21(17-27)22(24)31;/h4,6-7,14,21H,3,5,8-13,15-17H2,1-2H3,(H2,24,31)(H,25,26);1H. The molecule has 3 rings (SSSR count). The van der Waals surface area contributed by atoms with E-state index in [1.807, 2.05) is 4.90 Å². The highest BCUT2D eigenvalue weighted by Gasteiger charge is 2.24. The van der Waals surface area contributed by atoms with Crippen molar-refractivity contribution in [1.29, 1.82) is 0 Å². The van der Waals surface area contributed by atoms with Gasteiger partial charge in [0.15, 0.2) is 5.96 Å². The van der Waals surface area contributed by atoms with Crippen molar-refractivity contribution < 1.29 is 9.59 Å². The molecule has 2 aliphatic rings. The summed E-state index contributed by atoms with van der Waals surface area (Å²) in [5.74, 6) is 0.811. The molecule has 1 atom stereocenters. The third-order valence-electron chi connectivity index (χ3n) is 6.08. The number of primary amides is 1. The van der Waals surface area contributed by atoms with Gasteiger partial charge in [0.2, 0.25) is 11.8 Å². The molecule has 0 aliphatic carbocycles. The van der Waals surface area contributed by atoms with Gasteiger partial charge >= 0.3 is 0 Å². The number of hydrogen-bond acceptors (Lipinski definition) is 4. The van der Waals surface area contributed by atoms with Crippen LogP contribution < -0.4 is 11.1 Å². The van der Waals surface area contributed by atoms with Crippen LogP contribution in [-0.4, -0.2) is 78.3 Å². The molecule has 1 aromatic rings. The molecule has 178 valence electrons. The molecular weight excluding hydrogens is 519 g/mol. The van der Waals surface area contributed by atoms with Crippen molar-refractivity contribution >= 4 is 41.8 Å². The number of carbonyl (C=O) groups excluding carboxylic acids is 2. The molecule has 2 fully saturated rings. The average Bonchev–Trinajstić information content (AvgIpc) is 2.77. The van der Waals surface area contributed by atoms with Crippen molar-refractivity contribution in [2.24, 2.45) is 16.6 Å². The number of benzene rings is 1. The van der Waals surface area contributed by atoms with Crippen LogP contribution in [0.15, 0.2) is 29.3 Å². The number of guanidine groups is 1. The molecule has 32 heavy (non-hydrogen) atoms. The zero-order valence-electron chi connectivity index (χ0n) is 19.3. The van der Waals surface area contributed by atoms with Crippen molar-refractivity contribution in [2.45, 2.75) is 39.8 Å². The molecule has 2 aliphatic heterocycles. The Hall–Kier alpha value is -1.88. The third-order valence-corrected chi connectivity index (χ3v) is 6.08. The molecule has 8 nitrogen and oxygen atoms in total. The molecule has 0 spiro atoms. The minimum absolute atomic E-state index is 0. The number of nitrogens with two attached hydrogens (primary N) is 1. The number of carbonyl (C=O) groups is 2. The fourth-order valence-corrected chi connectivity index (χ4v) is 4.34. The van der Waals surface area contributed by atoms with Crippen molar-refractivity contribution in [3.63, 3.8) is 0 Å². The van der Waals surface area contributed by atoms with Crippen LogP contribution >= 0.6 is 24.0 Å². The number of rotatable bonds is 6. The first-order valence-corrected chi connectivity index (χ1v) is 11.3. The summed E-state index contributed by atoms with van der Waals surface area (Å²) < 4.78 is 0. The van der Waals surface area contributed by atoms with Gasteiger partial charge in [-0.15, -0.1) is 24.0 Å². The maximum Gasteiger partial charge on any atom is 0.221 e. The first-order valence-electron chi connectivity index (χ1n) is 11.3. The molecule has 0 radical (unpaired) electrons. The number of nitrogens with one attached hydrogen (secondary N) is 1. The lowest BCUT2D eigenvalue weighted by Crippen LogP contribution is -2.53. The molecule has 0 saturated carbocycles. The number of hydrogen-bond donors (Lipinski definition) is 2. The Morgan fingerprint density at radius 1 is 1.12 bits per heavy atom. The highest BCUT2D eigenvalue weighted by atomic mass is 127. The maximum absolute atomic E-state index is 11.6. The molecular formula is C23H37IN6O2. The van der Waals surface area contributed by atoms with E-state index in [-0.39, 0.29) is 41.7 Å². The predicted octanol–water partition coefficient (Wildman–Crippen LogP) is 1.63. The summed E-state index contributed by atoms with van der Waals surface area (Å²) in [5, 5.41) is 3.38. The summed E-state index contributed by atoms with van der Waals surface area (Å²) in [5.41, 5.74) is 7.91. The van der Waals surface area contributed by atoms with Gasteiger partial charge in [-0.1, -0.05) is 24.3 Å². The fraction of sp³-hybridized carbons (Fsp3) is 0.609. The van der Waals surface area contributed by atoms with Crippen molar-refractivity contribution in [3.8, 4) is 0 Å². The van der Waals surface area contributed by atoms with E-state index < -0.39 is 0 Å². The van der Waals surface area contributed by atoms with Gasteiger partial charge < -0.3 is 20.9 Å². The summed E-state index contributed by atoms with van der Waals surface area (Å²) in [7, 11) is 0. The fourth-order valence-electron chi connectivity index (χ4n) is 4.34. The van der Waals surface area contributed by atoms with E-state index >= 15 is 0 Å². The van der Waals surface area contributed by atoms with Crippen LogP contribution in [0, 0.1) is 5.92 Å². The molecule has 0 bridgehead atoms. The predicted molar refractivity (Wildman–Crippen MR) is 138 cm³/mol. The van der Waals surface area contributed by atoms with Crippen LogP contribution in [-0.2, 0) is 22.7 Å². The molecule has 2 amide bonds. The second-order valence-electron chi connectivity index (χ2n) is 8.46. The van der Waals surface area contributed by atoms with E-state index in [1.54, 1.807) is 6.92 Å². The summed E-state index contributed by atoms with van der Waals surface area (Å²) in [4.78, 5) is 34.4. The lowest BCUT2D eigenvalue weighted by atomic mass is 9.97. The van der Waals surface area contributed by atoms with Gasteiger partial charge in [0, 0.05) is 52.7 Å². The van der Waals surface area contributed by atoms with Gasteiger partial charge in [0.25, 0.3) is 0 Å². The van der Waals surface area contributed by atoms with Gasteiger partial charge in [-0.05, 0) is 37.4 Å². The topological polar surface area (TPSA) is 94.3 Å². The molecule has 2 saturated heterocycles. The smallest absolute Gasteiger partial charge is 0.221 e. The minimum Gasteiger partial charge on any atom is -0.369 e. The lowest BCUT2D eigenvalue weighted by Gasteiger charge is -2.36. The van der Waals surface area contributed by atoms with E-state index in [4.69, 9.17) is 10.7 Å². The number of halogens is 1. The molecule has 0 aromatic heterocycles. The van der Waals surface area contributed by atoms with E-state index in [2.05, 4.69) is 46.3 Å². The lowest BCUT2D eigenvalue weighted by molar-refractivity contribution is -0.130. The average molecular weight is 556 g/mol. The van der Waals surface area contributed by atoms with E-state index in [0.717, 1.165) is 71.2 Å². The number of aliphatic imine (C=N–C) groups is 1. The third kappa shape index (κ3) is 7.61. The number of likely N-dealkylation sites (tertiary alicyclic amines) is 1. The zero-order chi connectivity index (χ0) is 22.2. The van der Waals surface area contributed by atoms with E-state index in [1.165, 1.54) is 11.1 Å². The Balaban J connectivity index is 0.00000363. The van der Waals surface area contributed by atoms with Gasteiger partial charge in [-0.2, -0.15) is 0 Å². The maximum atomic E-state index is 11.6. The number of piperazine rings is 1. The van der Waals surface area contributed by atoms with Crippen LogP contribution in [0.2, 0.25) is 0 Å². The Kier molecular flexibility index (Phi) is 10.7. The van der Waals surface area contributed by atoms with Crippen LogP contribution in [0.4, 0.5) is 0 Å². The number of nitrogens with zero attached hydrogens (tertiary/aromatic N) is 4. The second kappa shape index (κ2) is 13.0. The number of amides is 2. The van der Waals surface area contributed by atoms with Crippen LogP contribution in [0.5, 0.6) is 0 Å². The van der Waals surface area contributed by atoms with Gasteiger partial charge in [0.05, 0.1) is 12.5 Å². The number of piperidine rings is 1. The summed E-state index contributed by atoms with van der Waals surface area (Å²) in [6, 6.07) is 8.52. The van der Waals surface area contributed by atoms with Crippen LogP contribution in [0.1, 0.15) is 37.8 Å². The Morgan fingerprint density at radius 3 is 2.47 bits per heavy atom. The largest absolute Gasteiger partial charge is 0.369 e. The molecule has 1 aromatic carbocycles. The normalized spacial score (nSPS) is 19.9. The quantitative estimate of drug-likeness (QED) is 0.316. The van der Waals surface area contributed by atoms with Gasteiger partial charge in [0.1, 0.15) is 0 Å². The minimum atomic E-state index is -0.187. The zero-order valence-corrected chi connectivity index (χ0v) is 21.6. The molecule has 2 heterocycles. The van der Waals surface area contributed by atoms with Crippen LogP contribution in [0.3, 0.4) is 0 Å². The monoisotopic (exact) mass is 556 g/mol. The molecule has 1 unspecified atom stereocenters. The van der Waals surface area contributed by atoms with Crippen molar-refractivity contribution in [3.05, 3.63) is 35.4 Å².